The van der Waals surface area contributed by atoms with E-state index in [2.05, 4.69) is 20.3 Å². The van der Waals surface area contributed by atoms with Crippen LogP contribution in [0.5, 0.6) is 0 Å². The molecule has 10 heteroatoms. The first kappa shape index (κ1) is 18.0. The van der Waals surface area contributed by atoms with Crippen LogP contribution in [-0.2, 0) is 10.3 Å². The number of carbonyl (C=O) groups is 1. The number of nitrogens with zero attached hydrogens (tertiary/aromatic N) is 5. The minimum absolute atomic E-state index is 0.0248. The highest BCUT2D eigenvalue weighted by atomic mass is 19.1. The third-order valence-electron chi connectivity index (χ3n) is 6.33. The van der Waals surface area contributed by atoms with Gasteiger partial charge in [-0.1, -0.05) is 0 Å². The van der Waals surface area contributed by atoms with E-state index >= 15 is 0 Å². The lowest BCUT2D eigenvalue weighted by Gasteiger charge is -2.37. The Bertz CT molecular complexity index is 1340. The summed E-state index contributed by atoms with van der Waals surface area (Å²) in [5.41, 5.74) is 8.31. The first-order chi connectivity index (χ1) is 15.1. The van der Waals surface area contributed by atoms with Crippen LogP contribution in [0, 0.1) is 5.82 Å². The van der Waals surface area contributed by atoms with E-state index in [1.165, 1.54) is 12.1 Å². The molecule has 156 valence electrons. The number of carbonyl (C=O) groups excluding carboxylic acids is 1. The number of esters is 1. The summed E-state index contributed by atoms with van der Waals surface area (Å²) >= 11 is 0. The lowest BCUT2D eigenvalue weighted by atomic mass is 9.77. The van der Waals surface area contributed by atoms with E-state index in [1.807, 2.05) is 10.6 Å². The standard InChI is InChI=1S/C21H17FN6O3/c22-11-1-2-16-15(9-11)25-19(17-18(23)27-31-26-17)28(16)12-3-6-21(7-4-12)14-5-8-24-10-13(14)20(29)30-21/h1-2,5,8-10,12H,3-4,6-7H2,(H2,23,27). The third kappa shape index (κ3) is 2.57. The molecule has 0 unspecified atom stereocenters. The fourth-order valence-electron chi connectivity index (χ4n) is 4.90. The quantitative estimate of drug-likeness (QED) is 0.490. The topological polar surface area (TPSA) is 122 Å². The van der Waals surface area contributed by atoms with E-state index in [1.54, 1.807) is 18.5 Å². The van der Waals surface area contributed by atoms with Crippen molar-refractivity contribution in [2.24, 2.45) is 0 Å². The average molecular weight is 420 g/mol. The summed E-state index contributed by atoms with van der Waals surface area (Å²) in [6.07, 6.45) is 5.98. The Labute approximate surface area is 175 Å². The number of benzene rings is 1. The molecule has 6 rings (SSSR count). The first-order valence-electron chi connectivity index (χ1n) is 9.99. The van der Waals surface area contributed by atoms with E-state index < -0.39 is 5.60 Å². The van der Waals surface area contributed by atoms with Gasteiger partial charge >= 0.3 is 5.97 Å². The number of imidazole rings is 1. The van der Waals surface area contributed by atoms with Crippen molar-refractivity contribution in [1.29, 1.82) is 0 Å². The summed E-state index contributed by atoms with van der Waals surface area (Å²) in [5, 5.41) is 7.56. The van der Waals surface area contributed by atoms with Gasteiger partial charge in [0.05, 0.1) is 16.6 Å². The molecular weight excluding hydrogens is 403 g/mol. The highest BCUT2D eigenvalue weighted by Gasteiger charge is 2.48. The summed E-state index contributed by atoms with van der Waals surface area (Å²) in [6, 6.07) is 6.37. The Kier molecular flexibility index (Phi) is 3.68. The van der Waals surface area contributed by atoms with Crippen molar-refractivity contribution < 1.29 is 18.6 Å². The number of fused-ring (bicyclic) bond motifs is 3. The van der Waals surface area contributed by atoms with E-state index in [-0.39, 0.29) is 23.6 Å². The maximum atomic E-state index is 13.8. The molecule has 3 aromatic heterocycles. The van der Waals surface area contributed by atoms with Crippen molar-refractivity contribution in [2.75, 3.05) is 5.73 Å². The zero-order valence-corrected chi connectivity index (χ0v) is 16.3. The first-order valence-corrected chi connectivity index (χ1v) is 9.99. The molecule has 0 radical (unpaired) electrons. The minimum Gasteiger partial charge on any atom is -0.451 e. The van der Waals surface area contributed by atoms with Gasteiger partial charge in [-0.3, -0.25) is 4.98 Å². The molecular formula is C21H17FN6O3. The Morgan fingerprint density at radius 2 is 2.03 bits per heavy atom. The Hall–Kier alpha value is -3.82. The van der Waals surface area contributed by atoms with Crippen molar-refractivity contribution in [1.82, 2.24) is 24.8 Å². The van der Waals surface area contributed by atoms with Crippen LogP contribution in [0.3, 0.4) is 0 Å². The van der Waals surface area contributed by atoms with E-state index in [0.29, 0.717) is 35.4 Å². The Balaban J connectivity index is 1.41. The van der Waals surface area contributed by atoms with Crippen LogP contribution in [0.2, 0.25) is 0 Å². The zero-order chi connectivity index (χ0) is 21.2. The number of aromatic nitrogens is 5. The molecule has 1 aliphatic heterocycles. The molecule has 1 spiro atoms. The van der Waals surface area contributed by atoms with E-state index in [9.17, 15) is 9.18 Å². The van der Waals surface area contributed by atoms with Gasteiger partial charge in [-0.2, -0.15) is 0 Å². The van der Waals surface area contributed by atoms with Gasteiger partial charge in [-0.15, -0.1) is 0 Å². The van der Waals surface area contributed by atoms with Gasteiger partial charge in [0.25, 0.3) is 0 Å². The molecule has 1 saturated carbocycles. The van der Waals surface area contributed by atoms with Crippen molar-refractivity contribution in [2.45, 2.75) is 37.3 Å². The van der Waals surface area contributed by atoms with Gasteiger partial charge in [0.2, 0.25) is 0 Å². The monoisotopic (exact) mass is 420 g/mol. The van der Waals surface area contributed by atoms with Crippen LogP contribution in [-0.4, -0.2) is 30.8 Å². The number of anilines is 1. The third-order valence-corrected chi connectivity index (χ3v) is 6.33. The number of hydrogen-bond acceptors (Lipinski definition) is 8. The second-order valence-electron chi connectivity index (χ2n) is 7.97. The van der Waals surface area contributed by atoms with Crippen LogP contribution >= 0.6 is 0 Å². The smallest absolute Gasteiger partial charge is 0.341 e. The predicted molar refractivity (Wildman–Crippen MR) is 106 cm³/mol. The molecule has 1 aromatic carbocycles. The number of ether oxygens (including phenoxy) is 1. The molecule has 2 aliphatic rings. The summed E-state index contributed by atoms with van der Waals surface area (Å²) < 4.78 is 26.5. The lowest BCUT2D eigenvalue weighted by molar-refractivity contribution is -0.0344. The number of rotatable bonds is 2. The van der Waals surface area contributed by atoms with Crippen LogP contribution in [0.4, 0.5) is 10.2 Å². The lowest BCUT2D eigenvalue weighted by Crippen LogP contribution is -2.33. The molecule has 0 atom stereocenters. The molecule has 0 saturated heterocycles. The van der Waals surface area contributed by atoms with Crippen LogP contribution in [0.25, 0.3) is 22.6 Å². The summed E-state index contributed by atoms with van der Waals surface area (Å²) in [5.74, 6) is -0.100. The Morgan fingerprint density at radius 1 is 1.19 bits per heavy atom. The average Bonchev–Trinajstić information content (AvgIpc) is 3.43. The minimum atomic E-state index is -0.636. The van der Waals surface area contributed by atoms with E-state index in [4.69, 9.17) is 15.1 Å². The van der Waals surface area contributed by atoms with Crippen molar-refractivity contribution in [3.05, 3.63) is 53.6 Å². The summed E-state index contributed by atoms with van der Waals surface area (Å²) in [4.78, 5) is 21.0. The van der Waals surface area contributed by atoms with Gasteiger partial charge in [-0.25, -0.2) is 18.8 Å². The highest BCUT2D eigenvalue weighted by Crippen LogP contribution is 2.50. The normalized spacial score (nSPS) is 22.7. The van der Waals surface area contributed by atoms with Crippen molar-refractivity contribution in [3.63, 3.8) is 0 Å². The zero-order valence-electron chi connectivity index (χ0n) is 16.3. The summed E-state index contributed by atoms with van der Waals surface area (Å²) in [7, 11) is 0. The van der Waals surface area contributed by atoms with Crippen LogP contribution in [0.15, 0.2) is 41.3 Å². The second-order valence-corrected chi connectivity index (χ2v) is 7.97. The van der Waals surface area contributed by atoms with Crippen molar-refractivity contribution >= 4 is 22.8 Å². The number of hydrogen-bond donors (Lipinski definition) is 1. The number of pyridine rings is 1. The second kappa shape index (κ2) is 6.34. The summed E-state index contributed by atoms with van der Waals surface area (Å²) in [6.45, 7) is 0. The maximum Gasteiger partial charge on any atom is 0.341 e. The van der Waals surface area contributed by atoms with E-state index in [0.717, 1.165) is 23.9 Å². The van der Waals surface area contributed by atoms with Crippen LogP contribution < -0.4 is 5.73 Å². The molecule has 9 nitrogen and oxygen atoms in total. The van der Waals surface area contributed by atoms with Crippen LogP contribution in [0.1, 0.15) is 47.6 Å². The molecule has 4 heterocycles. The predicted octanol–water partition coefficient (Wildman–Crippen LogP) is 3.38. The van der Waals surface area contributed by atoms with Gasteiger partial charge in [0.15, 0.2) is 17.3 Å². The van der Waals surface area contributed by atoms with Gasteiger partial charge in [0.1, 0.15) is 11.4 Å². The van der Waals surface area contributed by atoms with Gasteiger partial charge < -0.3 is 15.0 Å². The molecule has 0 bridgehead atoms. The molecule has 2 N–H and O–H groups in total. The molecule has 4 aromatic rings. The fourth-order valence-corrected chi connectivity index (χ4v) is 4.90. The molecule has 1 fully saturated rings. The number of nitrogens with two attached hydrogens (primary N) is 1. The van der Waals surface area contributed by atoms with Gasteiger partial charge in [-0.05, 0) is 54.2 Å². The molecule has 0 amide bonds. The Morgan fingerprint density at radius 3 is 2.81 bits per heavy atom. The maximum absolute atomic E-state index is 13.8. The highest BCUT2D eigenvalue weighted by molar-refractivity contribution is 5.94. The van der Waals surface area contributed by atoms with Crippen molar-refractivity contribution in [3.8, 4) is 11.5 Å². The number of halogens is 1. The molecule has 1 aliphatic carbocycles. The van der Waals surface area contributed by atoms with Gasteiger partial charge in [0, 0.05) is 30.1 Å². The SMILES string of the molecule is Nc1nonc1-c1nc2cc(F)ccc2n1C1CCC2(CC1)OC(=O)c1cnccc12. The fraction of sp³-hybridized carbons (Fsp3) is 0.286. The molecule has 31 heavy (non-hydrogen) atoms. The number of nitrogen functional groups attached to an aromatic ring is 1. The largest absolute Gasteiger partial charge is 0.451 e.